The minimum absolute atomic E-state index is 0.0476. The number of para-hydroxylation sites is 1. The van der Waals surface area contributed by atoms with Gasteiger partial charge in [-0.1, -0.05) is 18.2 Å². The van der Waals surface area contributed by atoms with Crippen molar-refractivity contribution in [3.8, 4) is 11.5 Å². The molecule has 0 spiro atoms. The van der Waals surface area contributed by atoms with E-state index in [0.29, 0.717) is 23.5 Å². The van der Waals surface area contributed by atoms with Gasteiger partial charge in [0.05, 0.1) is 11.1 Å². The number of ether oxygens (including phenoxy) is 2. The summed E-state index contributed by atoms with van der Waals surface area (Å²) in [5.74, 6) is 3.02. The normalized spacial score (nSPS) is 36.1. The molecule has 6 heteroatoms. The number of fused-ring (bicyclic) bond motifs is 9. The molecule has 7 unspecified atom stereocenters. The lowest BCUT2D eigenvalue weighted by atomic mass is 9.66. The summed E-state index contributed by atoms with van der Waals surface area (Å²) in [6, 6.07) is 11.8. The lowest BCUT2D eigenvalue weighted by molar-refractivity contribution is -0.141. The maximum absolute atomic E-state index is 13.9. The maximum Gasteiger partial charge on any atom is 0.419 e. The first-order chi connectivity index (χ1) is 15.7. The molecular weight excluding hydrogens is 429 g/mol. The highest BCUT2D eigenvalue weighted by atomic mass is 19.4. The number of hydrogen-bond donors (Lipinski definition) is 0. The molecule has 4 fully saturated rings. The Morgan fingerprint density at radius 1 is 0.970 bits per heavy atom. The topological polar surface area (TPSA) is 35.5 Å². The fourth-order valence-corrected chi connectivity index (χ4v) is 7.86. The zero-order valence-electron chi connectivity index (χ0n) is 18.5. The highest BCUT2D eigenvalue weighted by molar-refractivity contribution is 5.91. The Balaban J connectivity index is 1.30. The Hall–Kier alpha value is -2.50. The van der Waals surface area contributed by atoms with Crippen LogP contribution in [0.25, 0.3) is 0 Å². The minimum Gasteiger partial charge on any atom is -0.487 e. The van der Waals surface area contributed by atoms with E-state index in [1.807, 2.05) is 6.92 Å². The zero-order chi connectivity index (χ0) is 23.0. The van der Waals surface area contributed by atoms with Gasteiger partial charge in [-0.3, -0.25) is 0 Å². The average molecular weight is 457 g/mol. The van der Waals surface area contributed by atoms with Crippen LogP contribution in [-0.4, -0.2) is 11.6 Å². The Morgan fingerprint density at radius 2 is 1.70 bits per heavy atom. The van der Waals surface area contributed by atoms with Crippen LogP contribution < -0.4 is 9.47 Å². The van der Waals surface area contributed by atoms with Gasteiger partial charge in [-0.2, -0.15) is 13.2 Å². The largest absolute Gasteiger partial charge is 0.487 e. The van der Waals surface area contributed by atoms with E-state index < -0.39 is 23.3 Å². The predicted octanol–water partition coefficient (Wildman–Crippen LogP) is 6.76. The molecule has 4 aliphatic carbocycles. The van der Waals surface area contributed by atoms with Crippen molar-refractivity contribution in [2.45, 2.75) is 50.8 Å². The minimum atomic E-state index is -4.57. The second kappa shape index (κ2) is 7.25. The first-order valence-electron chi connectivity index (χ1n) is 11.9. The summed E-state index contributed by atoms with van der Waals surface area (Å²) in [5, 5.41) is 0. The van der Waals surface area contributed by atoms with Crippen LogP contribution in [0.1, 0.15) is 54.9 Å². The molecule has 0 N–H and O–H groups in total. The Kier molecular flexibility index (Phi) is 4.63. The highest BCUT2D eigenvalue weighted by Crippen LogP contribution is 2.70. The van der Waals surface area contributed by atoms with Crippen LogP contribution in [0.4, 0.5) is 13.2 Å². The maximum atomic E-state index is 13.9. The number of rotatable bonds is 4. The van der Waals surface area contributed by atoms with Crippen LogP contribution in [0.3, 0.4) is 0 Å². The van der Waals surface area contributed by atoms with E-state index in [1.165, 1.54) is 25.3 Å². The van der Waals surface area contributed by atoms with E-state index in [9.17, 15) is 18.0 Å². The smallest absolute Gasteiger partial charge is 0.419 e. The van der Waals surface area contributed by atoms with Crippen molar-refractivity contribution in [2.75, 3.05) is 0 Å². The molecule has 4 bridgehead atoms. The lowest BCUT2D eigenvalue weighted by Gasteiger charge is -2.44. The first kappa shape index (κ1) is 21.1. The van der Waals surface area contributed by atoms with Gasteiger partial charge in [-0.15, -0.1) is 0 Å². The second-order valence-corrected chi connectivity index (χ2v) is 10.6. The van der Waals surface area contributed by atoms with Gasteiger partial charge in [0, 0.05) is 5.92 Å². The molecule has 2 aromatic carbocycles. The second-order valence-electron chi connectivity index (χ2n) is 10.6. The Labute approximate surface area is 191 Å². The van der Waals surface area contributed by atoms with Gasteiger partial charge in [0.15, 0.2) is 0 Å². The molecule has 4 aliphatic rings. The molecule has 0 radical (unpaired) electrons. The van der Waals surface area contributed by atoms with Crippen molar-refractivity contribution >= 4 is 5.97 Å². The number of halogens is 3. The third-order valence-corrected chi connectivity index (χ3v) is 8.88. The van der Waals surface area contributed by atoms with Crippen LogP contribution in [0.2, 0.25) is 0 Å². The molecule has 0 aliphatic heterocycles. The molecule has 0 aromatic heterocycles. The molecule has 3 nitrogen and oxygen atoms in total. The van der Waals surface area contributed by atoms with Gasteiger partial charge < -0.3 is 9.47 Å². The lowest BCUT2D eigenvalue weighted by Crippen LogP contribution is -2.46. The summed E-state index contributed by atoms with van der Waals surface area (Å²) < 4.78 is 53.2. The van der Waals surface area contributed by atoms with Crippen LogP contribution in [0, 0.1) is 35.5 Å². The molecule has 33 heavy (non-hydrogen) atoms. The molecule has 174 valence electrons. The van der Waals surface area contributed by atoms with E-state index in [1.54, 1.807) is 30.3 Å². The fourth-order valence-electron chi connectivity index (χ4n) is 7.86. The number of esters is 1. The third kappa shape index (κ3) is 3.36. The number of carbonyl (C=O) groups excluding carboxylic acids is 1. The van der Waals surface area contributed by atoms with E-state index in [-0.39, 0.29) is 17.2 Å². The van der Waals surface area contributed by atoms with Gasteiger partial charge in [-0.05, 0) is 98.9 Å². The highest BCUT2D eigenvalue weighted by Gasteiger charge is 2.66. The standard InChI is InChI=1S/C27H27F3O3/c1-26(14-18-12-21(26)24-16-8-7-15(11-16)23(18)24)33-22-13-17(9-10-20(22)27(28,29)30)25(31)32-19-5-3-2-4-6-19/h2-6,9-10,13,15-16,18,21,23-24H,7-8,11-12,14H2,1H3. The van der Waals surface area contributed by atoms with Gasteiger partial charge >= 0.3 is 12.1 Å². The number of hydrogen-bond acceptors (Lipinski definition) is 3. The molecule has 0 heterocycles. The van der Waals surface area contributed by atoms with Crippen molar-refractivity contribution in [3.05, 3.63) is 59.7 Å². The van der Waals surface area contributed by atoms with Crippen molar-refractivity contribution < 1.29 is 27.4 Å². The summed E-state index contributed by atoms with van der Waals surface area (Å²) in [6.45, 7) is 1.98. The van der Waals surface area contributed by atoms with Crippen LogP contribution in [0.15, 0.2) is 48.5 Å². The molecule has 7 atom stereocenters. The van der Waals surface area contributed by atoms with Gasteiger partial charge in [-0.25, -0.2) is 4.79 Å². The van der Waals surface area contributed by atoms with Gasteiger partial charge in [0.2, 0.25) is 0 Å². The van der Waals surface area contributed by atoms with E-state index in [2.05, 4.69) is 0 Å². The zero-order valence-corrected chi connectivity index (χ0v) is 18.5. The molecule has 2 aromatic rings. The average Bonchev–Trinajstić information content (AvgIpc) is 3.52. The SMILES string of the molecule is CC1(Oc2cc(C(=O)Oc3ccccc3)ccc2C(F)(F)F)CC2CC1C1C3CCC(C3)C21. The van der Waals surface area contributed by atoms with E-state index in [4.69, 9.17) is 9.47 Å². The van der Waals surface area contributed by atoms with Crippen LogP contribution >= 0.6 is 0 Å². The number of alkyl halides is 3. The summed E-state index contributed by atoms with van der Waals surface area (Å²) in [5.41, 5.74) is -1.43. The summed E-state index contributed by atoms with van der Waals surface area (Å²) in [4.78, 5) is 12.6. The molecule has 6 rings (SSSR count). The van der Waals surface area contributed by atoms with Crippen molar-refractivity contribution in [3.63, 3.8) is 0 Å². The van der Waals surface area contributed by atoms with Gasteiger partial charge in [0.1, 0.15) is 17.1 Å². The molecule has 0 amide bonds. The monoisotopic (exact) mass is 456 g/mol. The first-order valence-corrected chi connectivity index (χ1v) is 11.9. The van der Waals surface area contributed by atoms with Crippen LogP contribution in [0.5, 0.6) is 11.5 Å². The fraction of sp³-hybridized carbons (Fsp3) is 0.519. The number of benzene rings is 2. The van der Waals surface area contributed by atoms with Crippen LogP contribution in [-0.2, 0) is 6.18 Å². The van der Waals surface area contributed by atoms with Crippen molar-refractivity contribution in [1.29, 1.82) is 0 Å². The van der Waals surface area contributed by atoms with Crippen molar-refractivity contribution in [1.82, 2.24) is 0 Å². The Bertz CT molecular complexity index is 1080. The molecule has 0 saturated heterocycles. The quantitative estimate of drug-likeness (QED) is 0.290. The summed E-state index contributed by atoms with van der Waals surface area (Å²) >= 11 is 0. The molecular formula is C27H27F3O3. The molecule has 4 saturated carbocycles. The van der Waals surface area contributed by atoms with E-state index >= 15 is 0 Å². The number of carbonyl (C=O) groups is 1. The summed E-state index contributed by atoms with van der Waals surface area (Å²) in [6.07, 6.45) is 1.12. The summed E-state index contributed by atoms with van der Waals surface area (Å²) in [7, 11) is 0. The Morgan fingerprint density at radius 3 is 2.42 bits per heavy atom. The predicted molar refractivity (Wildman–Crippen MR) is 116 cm³/mol. The van der Waals surface area contributed by atoms with Gasteiger partial charge in [0.25, 0.3) is 0 Å². The van der Waals surface area contributed by atoms with E-state index in [0.717, 1.165) is 36.8 Å². The third-order valence-electron chi connectivity index (χ3n) is 8.88. The van der Waals surface area contributed by atoms with Crippen molar-refractivity contribution in [2.24, 2.45) is 35.5 Å².